The molecule has 1 aromatic carbocycles. The molecule has 0 saturated carbocycles. The number of ether oxygens (including phenoxy) is 1. The quantitative estimate of drug-likeness (QED) is 0.834. The van der Waals surface area contributed by atoms with Crippen LogP contribution in [-0.2, 0) is 9.53 Å². The van der Waals surface area contributed by atoms with E-state index in [-0.39, 0.29) is 18.0 Å². The molecule has 2 aliphatic rings. The number of carbonyl (C=O) groups is 2. The Hall–Kier alpha value is -2.02. The van der Waals surface area contributed by atoms with Crippen LogP contribution in [0.15, 0.2) is 18.2 Å². The Kier molecular flexibility index (Phi) is 5.03. The largest absolute Gasteiger partial charge is 0.383 e. The summed E-state index contributed by atoms with van der Waals surface area (Å²) in [5.41, 5.74) is -0.740. The first kappa shape index (κ1) is 17.8. The van der Waals surface area contributed by atoms with Crippen molar-refractivity contribution >= 4 is 11.8 Å². The number of halogens is 2. The Labute approximate surface area is 145 Å². The predicted molar refractivity (Wildman–Crippen MR) is 87.0 cm³/mol. The predicted octanol–water partition coefficient (Wildman–Crippen LogP) is 2.07. The summed E-state index contributed by atoms with van der Waals surface area (Å²) in [5, 5.41) is 0. The molecular weight excluding hydrogens is 330 g/mol. The average Bonchev–Trinajstić information content (AvgIpc) is 3.01. The highest BCUT2D eigenvalue weighted by Gasteiger charge is 2.49. The van der Waals surface area contributed by atoms with E-state index in [1.165, 1.54) is 4.90 Å². The summed E-state index contributed by atoms with van der Waals surface area (Å²) in [6, 6.07) is 2.93. The topological polar surface area (TPSA) is 49.9 Å². The summed E-state index contributed by atoms with van der Waals surface area (Å²) >= 11 is 0. The normalized spacial score (nSPS) is 23.6. The van der Waals surface area contributed by atoms with Crippen molar-refractivity contribution in [3.05, 3.63) is 35.4 Å². The van der Waals surface area contributed by atoms with Crippen molar-refractivity contribution in [3.8, 4) is 0 Å². The molecule has 1 spiro atoms. The summed E-state index contributed by atoms with van der Waals surface area (Å²) in [6.45, 7) is 2.40. The van der Waals surface area contributed by atoms with Crippen molar-refractivity contribution in [2.24, 2.45) is 5.41 Å². The fourth-order valence-corrected chi connectivity index (χ4v) is 3.82. The number of likely N-dealkylation sites (tertiary alicyclic amines) is 2. The highest BCUT2D eigenvalue weighted by Crippen LogP contribution is 2.40. The lowest BCUT2D eigenvalue weighted by molar-refractivity contribution is -0.146. The van der Waals surface area contributed by atoms with Crippen LogP contribution in [0.1, 0.15) is 29.6 Å². The van der Waals surface area contributed by atoms with E-state index in [0.29, 0.717) is 38.7 Å². The molecule has 0 bridgehead atoms. The molecule has 1 atom stereocenters. The van der Waals surface area contributed by atoms with Gasteiger partial charge in [0.15, 0.2) is 0 Å². The first-order chi connectivity index (χ1) is 12.0. The van der Waals surface area contributed by atoms with Crippen LogP contribution in [0, 0.1) is 17.0 Å². The molecule has 136 valence electrons. The Morgan fingerprint density at radius 2 is 2.08 bits per heavy atom. The minimum absolute atomic E-state index is 0.0469. The molecule has 2 aliphatic heterocycles. The summed E-state index contributed by atoms with van der Waals surface area (Å²) in [4.78, 5) is 28.8. The number of hydrogen-bond donors (Lipinski definition) is 0. The molecule has 0 N–H and O–H groups in total. The van der Waals surface area contributed by atoms with E-state index in [4.69, 9.17) is 4.74 Å². The lowest BCUT2D eigenvalue weighted by Gasteiger charge is -2.39. The van der Waals surface area contributed by atoms with Gasteiger partial charge in [-0.1, -0.05) is 0 Å². The van der Waals surface area contributed by atoms with E-state index < -0.39 is 23.0 Å². The van der Waals surface area contributed by atoms with Crippen molar-refractivity contribution < 1.29 is 23.1 Å². The molecule has 7 heteroatoms. The highest BCUT2D eigenvalue weighted by atomic mass is 19.1. The number of nitrogens with zero attached hydrogens (tertiary/aromatic N) is 2. The molecule has 5 nitrogen and oxygen atoms in total. The molecule has 0 aliphatic carbocycles. The first-order valence-corrected chi connectivity index (χ1v) is 8.49. The van der Waals surface area contributed by atoms with E-state index in [1.54, 1.807) is 12.0 Å². The molecule has 2 heterocycles. The lowest BCUT2D eigenvalue weighted by atomic mass is 9.78. The van der Waals surface area contributed by atoms with E-state index >= 15 is 0 Å². The van der Waals surface area contributed by atoms with Gasteiger partial charge in [-0.2, -0.15) is 0 Å². The van der Waals surface area contributed by atoms with E-state index in [1.807, 2.05) is 0 Å². The molecule has 2 amide bonds. The second-order valence-corrected chi connectivity index (χ2v) is 6.77. The monoisotopic (exact) mass is 352 g/mol. The van der Waals surface area contributed by atoms with Crippen molar-refractivity contribution in [2.75, 3.05) is 39.9 Å². The van der Waals surface area contributed by atoms with Gasteiger partial charge in [-0.3, -0.25) is 9.59 Å². The van der Waals surface area contributed by atoms with Crippen molar-refractivity contribution in [1.82, 2.24) is 9.80 Å². The van der Waals surface area contributed by atoms with Gasteiger partial charge in [-0.05, 0) is 31.4 Å². The Bertz CT molecular complexity index is 682. The van der Waals surface area contributed by atoms with Gasteiger partial charge in [0, 0.05) is 39.4 Å². The molecule has 0 aromatic heterocycles. The second-order valence-electron chi connectivity index (χ2n) is 6.77. The maximum absolute atomic E-state index is 13.9. The smallest absolute Gasteiger partial charge is 0.256 e. The SMILES string of the molecule is COCCN1CCCC2(CCN(C(=O)c3ccc(F)cc3F)C2)C1=O. The van der Waals surface area contributed by atoms with Crippen LogP contribution in [0.2, 0.25) is 0 Å². The average molecular weight is 352 g/mol. The van der Waals surface area contributed by atoms with Crippen molar-refractivity contribution in [3.63, 3.8) is 0 Å². The van der Waals surface area contributed by atoms with Crippen LogP contribution < -0.4 is 0 Å². The third-order valence-electron chi connectivity index (χ3n) is 5.19. The zero-order chi connectivity index (χ0) is 18.0. The molecule has 2 fully saturated rings. The summed E-state index contributed by atoms with van der Waals surface area (Å²) in [6.07, 6.45) is 2.18. The van der Waals surface area contributed by atoms with Crippen LogP contribution in [-0.4, -0.2) is 61.5 Å². The van der Waals surface area contributed by atoms with Gasteiger partial charge in [0.05, 0.1) is 17.6 Å². The van der Waals surface area contributed by atoms with E-state index in [2.05, 4.69) is 0 Å². The Balaban J connectivity index is 1.73. The minimum Gasteiger partial charge on any atom is -0.383 e. The number of hydrogen-bond acceptors (Lipinski definition) is 3. The van der Waals surface area contributed by atoms with Crippen LogP contribution in [0.4, 0.5) is 8.78 Å². The molecule has 0 radical (unpaired) electrons. The Morgan fingerprint density at radius 3 is 2.80 bits per heavy atom. The summed E-state index contributed by atoms with van der Waals surface area (Å²) < 4.78 is 32.0. The standard InChI is InChI=1S/C18H22F2N2O3/c1-25-10-9-21-7-2-5-18(17(21)24)6-8-22(12-18)16(23)14-4-3-13(19)11-15(14)20/h3-4,11H,2,5-10,12H2,1H3. The number of piperidine rings is 1. The van der Waals surface area contributed by atoms with Gasteiger partial charge < -0.3 is 14.5 Å². The maximum Gasteiger partial charge on any atom is 0.256 e. The fraction of sp³-hybridized carbons (Fsp3) is 0.556. The lowest BCUT2D eigenvalue weighted by Crippen LogP contribution is -2.51. The van der Waals surface area contributed by atoms with Gasteiger partial charge in [0.2, 0.25) is 5.91 Å². The van der Waals surface area contributed by atoms with E-state index in [0.717, 1.165) is 25.0 Å². The zero-order valence-electron chi connectivity index (χ0n) is 14.3. The molecular formula is C18H22F2N2O3. The van der Waals surface area contributed by atoms with E-state index in [9.17, 15) is 18.4 Å². The third-order valence-corrected chi connectivity index (χ3v) is 5.19. The van der Waals surface area contributed by atoms with Gasteiger partial charge in [0.25, 0.3) is 5.91 Å². The Morgan fingerprint density at radius 1 is 1.28 bits per heavy atom. The van der Waals surface area contributed by atoms with Gasteiger partial charge in [0.1, 0.15) is 11.6 Å². The van der Waals surface area contributed by atoms with Crippen LogP contribution in [0.3, 0.4) is 0 Å². The second kappa shape index (κ2) is 7.07. The minimum atomic E-state index is -0.873. The fourth-order valence-electron chi connectivity index (χ4n) is 3.82. The highest BCUT2D eigenvalue weighted by molar-refractivity contribution is 5.95. The van der Waals surface area contributed by atoms with Gasteiger partial charge in [-0.25, -0.2) is 8.78 Å². The summed E-state index contributed by atoms with van der Waals surface area (Å²) in [5.74, 6) is -2.03. The molecule has 1 aromatic rings. The molecule has 1 unspecified atom stereocenters. The van der Waals surface area contributed by atoms with Crippen molar-refractivity contribution in [2.45, 2.75) is 19.3 Å². The van der Waals surface area contributed by atoms with Crippen LogP contribution in [0.25, 0.3) is 0 Å². The third kappa shape index (κ3) is 3.38. The van der Waals surface area contributed by atoms with Gasteiger partial charge >= 0.3 is 0 Å². The van der Waals surface area contributed by atoms with Crippen LogP contribution >= 0.6 is 0 Å². The number of benzene rings is 1. The number of rotatable bonds is 4. The first-order valence-electron chi connectivity index (χ1n) is 8.49. The van der Waals surface area contributed by atoms with Crippen molar-refractivity contribution in [1.29, 1.82) is 0 Å². The number of carbonyl (C=O) groups excluding carboxylic acids is 2. The summed E-state index contributed by atoms with van der Waals surface area (Å²) in [7, 11) is 1.59. The van der Waals surface area contributed by atoms with Crippen LogP contribution in [0.5, 0.6) is 0 Å². The maximum atomic E-state index is 13.9. The molecule has 2 saturated heterocycles. The molecule has 3 rings (SSSR count). The molecule has 25 heavy (non-hydrogen) atoms. The van der Waals surface area contributed by atoms with Gasteiger partial charge in [-0.15, -0.1) is 0 Å². The zero-order valence-corrected chi connectivity index (χ0v) is 14.3. The number of methoxy groups -OCH3 is 1. The number of amides is 2.